The molecular formula is C16H18F2O. The molecule has 1 aromatic rings. The van der Waals surface area contributed by atoms with Gasteiger partial charge in [0.25, 0.3) is 0 Å². The fourth-order valence-corrected chi connectivity index (χ4v) is 1.82. The van der Waals surface area contributed by atoms with Crippen molar-refractivity contribution in [3.05, 3.63) is 53.8 Å². The summed E-state index contributed by atoms with van der Waals surface area (Å²) in [6.07, 6.45) is 2.55. The molecule has 1 nitrogen and oxygen atoms in total. The molecule has 102 valence electrons. The normalized spacial score (nSPS) is 10.9. The maximum atomic E-state index is 14.1. The summed E-state index contributed by atoms with van der Waals surface area (Å²) in [6, 6.07) is 7.60. The van der Waals surface area contributed by atoms with Crippen molar-refractivity contribution in [2.45, 2.75) is 38.5 Å². The van der Waals surface area contributed by atoms with Crippen molar-refractivity contribution in [3.63, 3.8) is 0 Å². The van der Waals surface area contributed by atoms with E-state index in [9.17, 15) is 13.6 Å². The number of ketones is 1. The molecule has 0 heterocycles. The fourth-order valence-electron chi connectivity index (χ4n) is 1.82. The minimum Gasteiger partial charge on any atom is -0.287 e. The molecule has 0 radical (unpaired) electrons. The Hall–Kier alpha value is -1.73. The van der Waals surface area contributed by atoms with E-state index < -0.39 is 11.7 Å². The summed E-state index contributed by atoms with van der Waals surface area (Å²) in [5.41, 5.74) is 1.95. The van der Waals surface area contributed by atoms with Crippen LogP contribution in [0.2, 0.25) is 0 Å². The van der Waals surface area contributed by atoms with Gasteiger partial charge in [0.15, 0.2) is 0 Å². The predicted molar refractivity (Wildman–Crippen MR) is 72.5 cm³/mol. The average Bonchev–Trinajstić information content (AvgIpc) is 2.43. The van der Waals surface area contributed by atoms with Crippen LogP contribution in [0.15, 0.2) is 48.2 Å². The van der Waals surface area contributed by atoms with Crippen LogP contribution >= 0.6 is 0 Å². The Morgan fingerprint density at radius 1 is 1.26 bits per heavy atom. The first-order valence-electron chi connectivity index (χ1n) is 6.41. The van der Waals surface area contributed by atoms with E-state index in [-0.39, 0.29) is 17.6 Å². The van der Waals surface area contributed by atoms with Crippen LogP contribution in [-0.2, 0) is 0 Å². The lowest BCUT2D eigenvalue weighted by molar-refractivity contribution is 0.0303. The van der Waals surface area contributed by atoms with Crippen LogP contribution in [0.1, 0.15) is 43.0 Å². The van der Waals surface area contributed by atoms with Gasteiger partial charge in [0.2, 0.25) is 5.78 Å². The highest BCUT2D eigenvalue weighted by atomic mass is 19.3. The molecule has 0 amide bonds. The number of halogens is 2. The Morgan fingerprint density at radius 3 is 2.42 bits per heavy atom. The lowest BCUT2D eigenvalue weighted by Crippen LogP contribution is -2.31. The molecule has 1 rings (SSSR count). The van der Waals surface area contributed by atoms with Gasteiger partial charge in [-0.25, -0.2) is 0 Å². The Labute approximate surface area is 112 Å². The van der Waals surface area contributed by atoms with Crippen molar-refractivity contribution in [3.8, 4) is 0 Å². The number of unbranched alkanes of at least 4 members (excludes halogenated alkanes) is 2. The summed E-state index contributed by atoms with van der Waals surface area (Å²) in [6.45, 7) is 5.28. The first-order chi connectivity index (χ1) is 9.04. The molecule has 0 atom stereocenters. The van der Waals surface area contributed by atoms with Gasteiger partial charge in [-0.2, -0.15) is 8.78 Å². The quantitative estimate of drug-likeness (QED) is 0.393. The highest BCUT2D eigenvalue weighted by molar-refractivity contribution is 6.03. The fraction of sp³-hybridized carbons (Fsp3) is 0.375. The van der Waals surface area contributed by atoms with Crippen molar-refractivity contribution < 1.29 is 13.6 Å². The number of Topliss-reactive ketones (excluding diaryl/α,β-unsaturated/α-hetero) is 1. The maximum absolute atomic E-state index is 14.1. The van der Waals surface area contributed by atoms with E-state index in [1.165, 1.54) is 12.1 Å². The lowest BCUT2D eigenvalue weighted by Gasteiger charge is -2.17. The summed E-state index contributed by atoms with van der Waals surface area (Å²) in [4.78, 5) is 11.9. The van der Waals surface area contributed by atoms with Crippen LogP contribution in [0.3, 0.4) is 0 Å². The van der Waals surface area contributed by atoms with Crippen molar-refractivity contribution in [2.24, 2.45) is 0 Å². The molecule has 0 bridgehead atoms. The molecule has 0 saturated carbocycles. The number of carbonyl (C=O) groups is 1. The van der Waals surface area contributed by atoms with Crippen LogP contribution in [0.4, 0.5) is 8.78 Å². The number of hydrogen-bond donors (Lipinski definition) is 0. The molecule has 3 heteroatoms. The molecule has 0 fully saturated rings. The van der Waals surface area contributed by atoms with E-state index in [0.29, 0.717) is 6.42 Å². The summed E-state index contributed by atoms with van der Waals surface area (Å²) in [5.74, 6) is -4.70. The first kappa shape index (κ1) is 15.3. The predicted octanol–water partition coefficient (Wildman–Crippen LogP) is 4.80. The number of alkyl halides is 2. The van der Waals surface area contributed by atoms with Gasteiger partial charge in [-0.15, -0.1) is 5.73 Å². The Balaban J connectivity index is 2.89. The third kappa shape index (κ3) is 3.87. The van der Waals surface area contributed by atoms with Crippen molar-refractivity contribution in [2.75, 3.05) is 0 Å². The summed E-state index contributed by atoms with van der Waals surface area (Å²) >= 11 is 0. The standard InChI is InChI=1S/C16H18F2O/c1-3-5-7-12-14(4-2)16(17,18)15(19)13-10-8-6-9-11-13/h6,8-11H,2-3,5,7,12H2,1H3. The maximum Gasteiger partial charge on any atom is 0.338 e. The van der Waals surface area contributed by atoms with Crippen LogP contribution in [0, 0.1) is 0 Å². The van der Waals surface area contributed by atoms with Gasteiger partial charge in [-0.3, -0.25) is 4.79 Å². The van der Waals surface area contributed by atoms with E-state index in [0.717, 1.165) is 12.8 Å². The smallest absolute Gasteiger partial charge is 0.287 e. The zero-order valence-electron chi connectivity index (χ0n) is 11.1. The molecule has 0 saturated heterocycles. The van der Waals surface area contributed by atoms with E-state index in [1.807, 2.05) is 6.92 Å². The minimum atomic E-state index is -3.52. The van der Waals surface area contributed by atoms with Crippen LogP contribution in [0.5, 0.6) is 0 Å². The SMILES string of the molecule is C=C=C(CCCCC)C(F)(F)C(=O)c1ccccc1. The van der Waals surface area contributed by atoms with Gasteiger partial charge in [-0.05, 0) is 12.8 Å². The monoisotopic (exact) mass is 264 g/mol. The van der Waals surface area contributed by atoms with Gasteiger partial charge >= 0.3 is 5.92 Å². The summed E-state index contributed by atoms with van der Waals surface area (Å²) < 4.78 is 28.2. The Morgan fingerprint density at radius 2 is 1.89 bits per heavy atom. The Kier molecular flexibility index (Phi) is 5.65. The third-order valence-electron chi connectivity index (χ3n) is 2.94. The van der Waals surface area contributed by atoms with Crippen molar-refractivity contribution in [1.29, 1.82) is 0 Å². The van der Waals surface area contributed by atoms with Gasteiger partial charge in [-0.1, -0.05) is 56.7 Å². The molecule has 0 spiro atoms. The second-order valence-corrected chi connectivity index (χ2v) is 4.38. The third-order valence-corrected chi connectivity index (χ3v) is 2.94. The molecular weight excluding hydrogens is 246 g/mol. The highest BCUT2D eigenvalue weighted by Crippen LogP contribution is 2.31. The van der Waals surface area contributed by atoms with Gasteiger partial charge in [0, 0.05) is 11.1 Å². The average molecular weight is 264 g/mol. The second kappa shape index (κ2) is 7.01. The van der Waals surface area contributed by atoms with E-state index in [1.54, 1.807) is 18.2 Å². The number of rotatable bonds is 7. The number of allylic oxidation sites excluding steroid dienone is 1. The molecule has 0 aliphatic rings. The molecule has 1 aromatic carbocycles. The number of benzene rings is 1. The zero-order valence-corrected chi connectivity index (χ0v) is 11.1. The molecule has 0 aromatic heterocycles. The van der Waals surface area contributed by atoms with E-state index >= 15 is 0 Å². The summed E-state index contributed by atoms with van der Waals surface area (Å²) in [7, 11) is 0. The van der Waals surface area contributed by atoms with Crippen molar-refractivity contribution in [1.82, 2.24) is 0 Å². The zero-order chi connectivity index (χ0) is 14.3. The minimum absolute atomic E-state index is 0.00995. The number of carbonyl (C=O) groups excluding carboxylic acids is 1. The van der Waals surface area contributed by atoms with Crippen molar-refractivity contribution >= 4 is 5.78 Å². The number of hydrogen-bond acceptors (Lipinski definition) is 1. The first-order valence-corrected chi connectivity index (χ1v) is 6.41. The van der Waals surface area contributed by atoms with Crippen LogP contribution in [0.25, 0.3) is 0 Å². The molecule has 0 N–H and O–H groups in total. The van der Waals surface area contributed by atoms with Crippen LogP contribution in [-0.4, -0.2) is 11.7 Å². The topological polar surface area (TPSA) is 17.1 Å². The highest BCUT2D eigenvalue weighted by Gasteiger charge is 2.42. The van der Waals surface area contributed by atoms with Crippen LogP contribution < -0.4 is 0 Å². The molecule has 19 heavy (non-hydrogen) atoms. The Bertz CT molecular complexity index is 471. The lowest BCUT2D eigenvalue weighted by atomic mass is 9.95. The van der Waals surface area contributed by atoms with Gasteiger partial charge < -0.3 is 0 Å². The summed E-state index contributed by atoms with van der Waals surface area (Å²) in [5, 5.41) is 0. The van der Waals surface area contributed by atoms with E-state index in [2.05, 4.69) is 12.3 Å². The molecule has 0 aliphatic carbocycles. The largest absolute Gasteiger partial charge is 0.338 e. The molecule has 0 aliphatic heterocycles. The molecule has 0 unspecified atom stereocenters. The van der Waals surface area contributed by atoms with Gasteiger partial charge in [0.05, 0.1) is 0 Å². The van der Waals surface area contributed by atoms with E-state index in [4.69, 9.17) is 0 Å². The van der Waals surface area contributed by atoms with Gasteiger partial charge in [0.1, 0.15) is 0 Å². The second-order valence-electron chi connectivity index (χ2n) is 4.38.